The van der Waals surface area contributed by atoms with E-state index in [9.17, 15) is 0 Å². The minimum Gasteiger partial charge on any atom is -0.478 e. The van der Waals surface area contributed by atoms with Crippen LogP contribution in [0, 0.1) is 18.8 Å². The van der Waals surface area contributed by atoms with Gasteiger partial charge in [-0.15, -0.1) is 0 Å². The second-order valence-electron chi connectivity index (χ2n) is 6.00. The van der Waals surface area contributed by atoms with Gasteiger partial charge in [0.15, 0.2) is 0 Å². The van der Waals surface area contributed by atoms with E-state index >= 15 is 0 Å². The summed E-state index contributed by atoms with van der Waals surface area (Å²) in [6.45, 7) is 6.61. The first-order chi connectivity index (χ1) is 9.67. The predicted molar refractivity (Wildman–Crippen MR) is 79.0 cm³/mol. The van der Waals surface area contributed by atoms with E-state index < -0.39 is 0 Å². The number of rotatable bonds is 3. The van der Waals surface area contributed by atoms with Crippen LogP contribution in [0.4, 0.5) is 5.95 Å². The summed E-state index contributed by atoms with van der Waals surface area (Å²) in [4.78, 5) is 11.4. The molecular weight excluding hydrogens is 252 g/mol. The summed E-state index contributed by atoms with van der Waals surface area (Å²) >= 11 is 0. The molecule has 0 radical (unpaired) electrons. The van der Waals surface area contributed by atoms with Crippen molar-refractivity contribution in [2.24, 2.45) is 17.6 Å². The maximum Gasteiger partial charge on any atom is 0.228 e. The van der Waals surface area contributed by atoms with E-state index in [-0.39, 0.29) is 0 Å². The van der Waals surface area contributed by atoms with Gasteiger partial charge in [-0.3, -0.25) is 0 Å². The van der Waals surface area contributed by atoms with E-state index in [0.717, 1.165) is 31.2 Å². The molecule has 0 spiro atoms. The molecule has 2 heterocycles. The highest BCUT2D eigenvalue weighted by atomic mass is 16.5. The van der Waals surface area contributed by atoms with Gasteiger partial charge in [-0.1, -0.05) is 6.42 Å². The maximum atomic E-state index is 6.28. The van der Waals surface area contributed by atoms with Crippen LogP contribution in [-0.4, -0.2) is 35.7 Å². The first-order valence-electron chi connectivity index (χ1n) is 7.66. The predicted octanol–water partition coefficient (Wildman–Crippen LogP) is 1.75. The lowest BCUT2D eigenvalue weighted by Gasteiger charge is -2.29. The van der Waals surface area contributed by atoms with Crippen molar-refractivity contribution in [1.82, 2.24) is 9.97 Å². The van der Waals surface area contributed by atoms with Crippen molar-refractivity contribution >= 4 is 5.95 Å². The molecule has 3 rings (SSSR count). The third-order valence-corrected chi connectivity index (χ3v) is 4.55. The van der Waals surface area contributed by atoms with Crippen LogP contribution in [0.5, 0.6) is 5.88 Å². The highest BCUT2D eigenvalue weighted by Gasteiger charge is 2.39. The molecule has 1 saturated heterocycles. The van der Waals surface area contributed by atoms with Crippen LogP contribution in [0.25, 0.3) is 0 Å². The molecule has 5 heteroatoms. The number of ether oxygens (including phenoxy) is 1. The summed E-state index contributed by atoms with van der Waals surface area (Å²) in [5, 5.41) is 0. The highest BCUT2D eigenvalue weighted by molar-refractivity contribution is 5.36. The minimum atomic E-state index is 0.343. The average molecular weight is 276 g/mol. The van der Waals surface area contributed by atoms with Crippen molar-refractivity contribution < 1.29 is 4.74 Å². The lowest BCUT2D eigenvalue weighted by Crippen LogP contribution is -2.38. The topological polar surface area (TPSA) is 64.3 Å². The number of nitrogens with two attached hydrogens (primary N) is 1. The molecule has 3 unspecified atom stereocenters. The molecule has 1 aliphatic heterocycles. The molecule has 0 aromatic carbocycles. The Labute approximate surface area is 120 Å². The van der Waals surface area contributed by atoms with Crippen LogP contribution in [0.15, 0.2) is 6.07 Å². The fourth-order valence-electron chi connectivity index (χ4n) is 3.57. The SMILES string of the molecule is CCOc1cc(C)nc(N2CC3CCCC(N)C3C2)n1. The Morgan fingerprint density at radius 3 is 2.95 bits per heavy atom. The van der Waals surface area contributed by atoms with Gasteiger partial charge in [-0.2, -0.15) is 4.98 Å². The Hall–Kier alpha value is -1.36. The number of aromatic nitrogens is 2. The molecule has 20 heavy (non-hydrogen) atoms. The van der Waals surface area contributed by atoms with E-state index in [1.54, 1.807) is 0 Å². The first-order valence-corrected chi connectivity index (χ1v) is 7.66. The van der Waals surface area contributed by atoms with Crippen molar-refractivity contribution in [2.75, 3.05) is 24.6 Å². The summed E-state index contributed by atoms with van der Waals surface area (Å²) in [6, 6.07) is 2.23. The maximum absolute atomic E-state index is 6.28. The molecular formula is C15H24N4O. The van der Waals surface area contributed by atoms with Gasteiger partial charge in [-0.25, -0.2) is 4.98 Å². The fourth-order valence-corrected chi connectivity index (χ4v) is 3.57. The molecule has 1 aliphatic carbocycles. The van der Waals surface area contributed by atoms with Crippen LogP contribution in [0.2, 0.25) is 0 Å². The van der Waals surface area contributed by atoms with E-state index in [1.807, 2.05) is 19.9 Å². The Balaban J connectivity index is 1.80. The quantitative estimate of drug-likeness (QED) is 0.911. The van der Waals surface area contributed by atoms with Crippen molar-refractivity contribution in [3.05, 3.63) is 11.8 Å². The monoisotopic (exact) mass is 276 g/mol. The third kappa shape index (κ3) is 2.59. The van der Waals surface area contributed by atoms with E-state index in [4.69, 9.17) is 10.5 Å². The van der Waals surface area contributed by atoms with Gasteiger partial charge in [0.25, 0.3) is 0 Å². The van der Waals surface area contributed by atoms with Crippen LogP contribution in [0.1, 0.15) is 31.9 Å². The van der Waals surface area contributed by atoms with Crippen molar-refractivity contribution in [2.45, 2.75) is 39.2 Å². The zero-order valence-corrected chi connectivity index (χ0v) is 12.4. The Bertz CT molecular complexity index is 479. The normalized spacial score (nSPS) is 29.4. The Morgan fingerprint density at radius 1 is 1.35 bits per heavy atom. The molecule has 0 bridgehead atoms. The van der Waals surface area contributed by atoms with E-state index in [0.29, 0.717) is 30.4 Å². The van der Waals surface area contributed by atoms with Gasteiger partial charge < -0.3 is 15.4 Å². The van der Waals surface area contributed by atoms with E-state index in [1.165, 1.54) is 12.8 Å². The number of hydrogen-bond donors (Lipinski definition) is 1. The first kappa shape index (κ1) is 13.6. The molecule has 2 N–H and O–H groups in total. The van der Waals surface area contributed by atoms with Crippen molar-refractivity contribution in [1.29, 1.82) is 0 Å². The molecule has 1 aromatic heterocycles. The Morgan fingerprint density at radius 2 is 2.20 bits per heavy atom. The number of hydrogen-bond acceptors (Lipinski definition) is 5. The van der Waals surface area contributed by atoms with Gasteiger partial charge in [0.05, 0.1) is 6.61 Å². The second kappa shape index (κ2) is 5.56. The molecule has 1 aromatic rings. The van der Waals surface area contributed by atoms with Crippen LogP contribution in [-0.2, 0) is 0 Å². The van der Waals surface area contributed by atoms with Crippen LogP contribution in [0.3, 0.4) is 0 Å². The Kier molecular flexibility index (Phi) is 3.78. The molecule has 5 nitrogen and oxygen atoms in total. The third-order valence-electron chi connectivity index (χ3n) is 4.55. The minimum absolute atomic E-state index is 0.343. The summed E-state index contributed by atoms with van der Waals surface area (Å²) in [5.41, 5.74) is 7.23. The summed E-state index contributed by atoms with van der Waals surface area (Å²) in [7, 11) is 0. The van der Waals surface area contributed by atoms with Crippen molar-refractivity contribution in [3.8, 4) is 5.88 Å². The smallest absolute Gasteiger partial charge is 0.228 e. The zero-order chi connectivity index (χ0) is 14.1. The van der Waals surface area contributed by atoms with Crippen LogP contribution < -0.4 is 15.4 Å². The molecule has 2 fully saturated rings. The zero-order valence-electron chi connectivity index (χ0n) is 12.4. The van der Waals surface area contributed by atoms with Crippen LogP contribution >= 0.6 is 0 Å². The fraction of sp³-hybridized carbons (Fsp3) is 0.733. The number of fused-ring (bicyclic) bond motifs is 1. The van der Waals surface area contributed by atoms with Gasteiger partial charge >= 0.3 is 0 Å². The van der Waals surface area contributed by atoms with Crippen molar-refractivity contribution in [3.63, 3.8) is 0 Å². The molecule has 3 atom stereocenters. The van der Waals surface area contributed by atoms with Gasteiger partial charge in [0.1, 0.15) is 0 Å². The summed E-state index contributed by atoms with van der Waals surface area (Å²) in [6.07, 6.45) is 3.71. The lowest BCUT2D eigenvalue weighted by atomic mass is 9.78. The largest absolute Gasteiger partial charge is 0.478 e. The van der Waals surface area contributed by atoms with Gasteiger partial charge in [-0.05, 0) is 38.5 Å². The van der Waals surface area contributed by atoms with E-state index in [2.05, 4.69) is 14.9 Å². The summed E-state index contributed by atoms with van der Waals surface area (Å²) in [5.74, 6) is 2.78. The molecule has 110 valence electrons. The number of aryl methyl sites for hydroxylation is 1. The van der Waals surface area contributed by atoms with Gasteiger partial charge in [0, 0.05) is 30.9 Å². The average Bonchev–Trinajstić information content (AvgIpc) is 2.84. The van der Waals surface area contributed by atoms with Gasteiger partial charge in [0.2, 0.25) is 11.8 Å². The molecule has 2 aliphatic rings. The molecule has 1 saturated carbocycles. The number of anilines is 1. The summed E-state index contributed by atoms with van der Waals surface area (Å²) < 4.78 is 5.52. The second-order valence-corrected chi connectivity index (χ2v) is 6.00. The highest BCUT2D eigenvalue weighted by Crippen LogP contribution is 2.36. The number of nitrogens with zero attached hydrogens (tertiary/aromatic N) is 3. The standard InChI is InChI=1S/C15H24N4O/c1-3-20-14-7-10(2)17-15(18-14)19-8-11-5-4-6-13(16)12(11)9-19/h7,11-13H,3-6,8-9,16H2,1-2H3. The lowest BCUT2D eigenvalue weighted by molar-refractivity contribution is 0.260. The molecule has 0 amide bonds.